The smallest absolute Gasteiger partial charge is 0.146 e. The van der Waals surface area contributed by atoms with Crippen molar-refractivity contribution in [2.24, 2.45) is 34.0 Å². The largest absolute Gasteiger partial charge is 0.381 e. The Balaban J connectivity index is 2.17. The Kier molecular flexibility index (Phi) is 6.57. The summed E-state index contributed by atoms with van der Waals surface area (Å²) in [6.45, 7) is 9.32. The molecule has 28 heavy (non-hydrogen) atoms. The Labute approximate surface area is 176 Å². The van der Waals surface area contributed by atoms with Crippen LogP contribution in [0.5, 0.6) is 0 Å². The molecule has 5 heteroatoms. The average Bonchev–Trinajstić information content (AvgIpc) is 3.07. The van der Waals surface area contributed by atoms with Crippen LogP contribution in [0.4, 0.5) is 0 Å². The second kappa shape index (κ2) is 8.17. The Bertz CT molecular complexity index is 583. The van der Waals surface area contributed by atoms with Crippen molar-refractivity contribution in [2.75, 3.05) is 26.9 Å². The highest BCUT2D eigenvalue weighted by Gasteiger charge is 2.68. The highest BCUT2D eigenvalue weighted by atomic mass is 35.5. The van der Waals surface area contributed by atoms with Crippen molar-refractivity contribution < 1.29 is 19.0 Å². The Morgan fingerprint density at radius 2 is 1.82 bits per heavy atom. The van der Waals surface area contributed by atoms with Gasteiger partial charge in [-0.15, -0.1) is 11.6 Å². The summed E-state index contributed by atoms with van der Waals surface area (Å²) >= 11 is 6.19. The number of hydrogen-bond donors (Lipinski definition) is 0. The molecule has 0 aromatic carbocycles. The molecule has 0 amide bonds. The summed E-state index contributed by atoms with van der Waals surface area (Å²) < 4.78 is 17.7. The lowest BCUT2D eigenvalue weighted by Gasteiger charge is -2.62. The summed E-state index contributed by atoms with van der Waals surface area (Å²) in [6, 6.07) is 0. The van der Waals surface area contributed by atoms with E-state index in [9.17, 15) is 4.79 Å². The maximum atomic E-state index is 13.9. The fourth-order valence-corrected chi connectivity index (χ4v) is 7.73. The van der Waals surface area contributed by atoms with Gasteiger partial charge in [0, 0.05) is 36.8 Å². The van der Waals surface area contributed by atoms with Crippen molar-refractivity contribution in [1.82, 2.24) is 0 Å². The number of hydrogen-bond acceptors (Lipinski definition) is 4. The quantitative estimate of drug-likeness (QED) is 0.449. The van der Waals surface area contributed by atoms with Gasteiger partial charge in [-0.1, -0.05) is 27.7 Å². The topological polar surface area (TPSA) is 44.8 Å². The molecule has 8 atom stereocenters. The number of carbonyl (C=O) groups excluding carboxylic acids is 1. The minimum Gasteiger partial charge on any atom is -0.381 e. The molecule has 3 fully saturated rings. The van der Waals surface area contributed by atoms with Crippen molar-refractivity contribution in [1.29, 1.82) is 0 Å². The summed E-state index contributed by atoms with van der Waals surface area (Å²) in [5.41, 5.74) is -0.515. The Morgan fingerprint density at radius 1 is 1.14 bits per heavy atom. The zero-order valence-corrected chi connectivity index (χ0v) is 19.3. The molecule has 0 aromatic rings. The van der Waals surface area contributed by atoms with Gasteiger partial charge in [0.1, 0.15) is 12.6 Å². The minimum absolute atomic E-state index is 0.00168. The SMILES string of the molecule is COCO[C@@H]1C[C@@](C)(CCCl)C(=O)[C@H](C)C23CCC(OC)C2[C@@]1(C)[C@H](C)CC3. The lowest BCUT2D eigenvalue weighted by atomic mass is 9.44. The van der Waals surface area contributed by atoms with Gasteiger partial charge in [-0.25, -0.2) is 0 Å². The molecule has 4 nitrogen and oxygen atoms in total. The first kappa shape index (κ1) is 22.5. The van der Waals surface area contributed by atoms with Crippen molar-refractivity contribution in [3.63, 3.8) is 0 Å². The fourth-order valence-electron chi connectivity index (χ4n) is 7.32. The maximum Gasteiger partial charge on any atom is 0.146 e. The summed E-state index contributed by atoms with van der Waals surface area (Å²) in [5, 5.41) is 0. The van der Waals surface area contributed by atoms with Gasteiger partial charge < -0.3 is 14.2 Å². The van der Waals surface area contributed by atoms with Crippen LogP contribution in [0, 0.1) is 34.0 Å². The lowest BCUT2D eigenvalue weighted by molar-refractivity contribution is -0.219. The Hall–Kier alpha value is -0.160. The molecule has 3 unspecified atom stereocenters. The third-order valence-corrected chi connectivity index (χ3v) is 9.37. The van der Waals surface area contributed by atoms with Gasteiger partial charge in [0.15, 0.2) is 0 Å². The zero-order valence-electron chi connectivity index (χ0n) is 18.6. The van der Waals surface area contributed by atoms with E-state index < -0.39 is 5.41 Å². The highest BCUT2D eigenvalue weighted by molar-refractivity contribution is 6.18. The van der Waals surface area contributed by atoms with Crippen LogP contribution < -0.4 is 0 Å². The van der Waals surface area contributed by atoms with E-state index in [0.717, 1.165) is 25.7 Å². The highest BCUT2D eigenvalue weighted by Crippen LogP contribution is 2.68. The maximum absolute atomic E-state index is 13.9. The first-order valence-corrected chi connectivity index (χ1v) is 11.5. The molecule has 0 aliphatic heterocycles. The van der Waals surface area contributed by atoms with E-state index in [2.05, 4.69) is 27.7 Å². The van der Waals surface area contributed by atoms with Crippen molar-refractivity contribution >= 4 is 17.4 Å². The lowest BCUT2D eigenvalue weighted by Crippen LogP contribution is -2.63. The monoisotopic (exact) mass is 414 g/mol. The molecule has 0 saturated heterocycles. The van der Waals surface area contributed by atoms with Crippen LogP contribution in [0.1, 0.15) is 66.2 Å². The second-order valence-electron chi connectivity index (χ2n) is 10.2. The molecule has 3 rings (SSSR count). The van der Waals surface area contributed by atoms with E-state index in [1.54, 1.807) is 7.11 Å². The molecule has 162 valence electrons. The molecule has 0 heterocycles. The van der Waals surface area contributed by atoms with E-state index in [1.807, 2.05) is 7.11 Å². The molecule has 0 aromatic heterocycles. The van der Waals surface area contributed by atoms with Crippen molar-refractivity contribution in [3.05, 3.63) is 0 Å². The van der Waals surface area contributed by atoms with Crippen LogP contribution in [0.15, 0.2) is 0 Å². The molecule has 3 aliphatic carbocycles. The number of Topliss-reactive ketones (excluding diaryl/α,β-unsaturated/α-hetero) is 1. The van der Waals surface area contributed by atoms with E-state index in [-0.39, 0.29) is 35.7 Å². The summed E-state index contributed by atoms with van der Waals surface area (Å²) in [5.74, 6) is 1.73. The van der Waals surface area contributed by atoms with Gasteiger partial charge in [-0.2, -0.15) is 0 Å². The van der Waals surface area contributed by atoms with E-state index >= 15 is 0 Å². The number of carbonyl (C=O) groups is 1. The predicted octanol–water partition coefficient (Wildman–Crippen LogP) is 5.07. The number of halogens is 1. The normalized spacial score (nSPS) is 48.8. The van der Waals surface area contributed by atoms with Crippen LogP contribution in [0.3, 0.4) is 0 Å². The predicted molar refractivity (Wildman–Crippen MR) is 111 cm³/mol. The number of alkyl halides is 1. The summed E-state index contributed by atoms with van der Waals surface area (Å²) in [7, 11) is 3.50. The summed E-state index contributed by atoms with van der Waals surface area (Å²) in [6.07, 6.45) is 5.89. The van der Waals surface area contributed by atoms with Gasteiger partial charge in [0.2, 0.25) is 0 Å². The van der Waals surface area contributed by atoms with Crippen LogP contribution in [0.2, 0.25) is 0 Å². The van der Waals surface area contributed by atoms with Gasteiger partial charge in [0.05, 0.1) is 12.2 Å². The number of ketones is 1. The average molecular weight is 415 g/mol. The first-order valence-electron chi connectivity index (χ1n) is 10.9. The molecule has 2 bridgehead atoms. The van der Waals surface area contributed by atoms with E-state index in [0.29, 0.717) is 36.3 Å². The van der Waals surface area contributed by atoms with Gasteiger partial charge >= 0.3 is 0 Å². The number of methoxy groups -OCH3 is 2. The van der Waals surface area contributed by atoms with Crippen LogP contribution in [-0.4, -0.2) is 44.9 Å². The van der Waals surface area contributed by atoms with E-state index in [1.165, 1.54) is 0 Å². The van der Waals surface area contributed by atoms with E-state index in [4.69, 9.17) is 25.8 Å². The second-order valence-corrected chi connectivity index (χ2v) is 10.6. The molecule has 0 N–H and O–H groups in total. The Morgan fingerprint density at radius 3 is 2.43 bits per heavy atom. The van der Waals surface area contributed by atoms with Crippen molar-refractivity contribution in [2.45, 2.75) is 78.4 Å². The third kappa shape index (κ3) is 3.18. The van der Waals surface area contributed by atoms with Crippen molar-refractivity contribution in [3.8, 4) is 0 Å². The standard InChI is InChI=1S/C23H39ClO4/c1-15-7-9-23-10-8-17(27-6)19(23)22(15,4)18(28-14-26-5)13-21(3,11-12-24)20(25)16(23)2/h15-19H,7-14H2,1-6H3/t15-,16+,17?,18-,19?,21-,22+,23?/m1/s1. The van der Waals surface area contributed by atoms with Gasteiger partial charge in [-0.05, 0) is 55.8 Å². The number of rotatable bonds is 6. The molecular formula is C23H39ClO4. The van der Waals surface area contributed by atoms with Crippen LogP contribution in [-0.2, 0) is 19.0 Å². The molecule has 0 radical (unpaired) electrons. The number of ether oxygens (including phenoxy) is 3. The molecule has 3 aliphatic rings. The minimum atomic E-state index is -0.457. The van der Waals surface area contributed by atoms with Gasteiger partial charge in [0.25, 0.3) is 0 Å². The first-order chi connectivity index (χ1) is 13.2. The zero-order chi connectivity index (χ0) is 20.7. The van der Waals surface area contributed by atoms with Crippen LogP contribution in [0.25, 0.3) is 0 Å². The molecule has 3 saturated carbocycles. The molecule has 0 spiro atoms. The van der Waals surface area contributed by atoms with Crippen LogP contribution >= 0.6 is 11.6 Å². The summed E-state index contributed by atoms with van der Waals surface area (Å²) in [4.78, 5) is 13.9. The third-order valence-electron chi connectivity index (χ3n) is 9.18. The fraction of sp³-hybridized carbons (Fsp3) is 0.957. The van der Waals surface area contributed by atoms with Gasteiger partial charge in [-0.3, -0.25) is 4.79 Å². The molecular weight excluding hydrogens is 376 g/mol.